The highest BCUT2D eigenvalue weighted by molar-refractivity contribution is 8.18. The molecule has 0 aromatic heterocycles. The van der Waals surface area contributed by atoms with Crippen LogP contribution in [0.1, 0.15) is 23.6 Å². The number of rotatable bonds is 8. The molecule has 0 atom stereocenters. The van der Waals surface area contributed by atoms with Crippen LogP contribution in [-0.4, -0.2) is 22.7 Å². The standard InChI is InChI=1S/C26H21Cl2NO4S/c1-2-32-23-13-18(9-12-22(23)33-16-19-5-3-4-6-21(19)28)14-24-25(30)29(26(31)34-24)15-17-7-10-20(27)11-8-17/h3-14H,2,15-16H2,1H3/b24-14-. The first-order chi connectivity index (χ1) is 16.4. The molecule has 174 valence electrons. The van der Waals surface area contributed by atoms with E-state index < -0.39 is 0 Å². The SMILES string of the molecule is CCOc1cc(/C=C2\SC(=O)N(Cc3ccc(Cl)cc3)C2=O)ccc1OCc1ccccc1Cl. The number of amides is 2. The molecule has 34 heavy (non-hydrogen) atoms. The Morgan fingerprint density at radius 3 is 2.44 bits per heavy atom. The Morgan fingerprint density at radius 1 is 0.941 bits per heavy atom. The largest absolute Gasteiger partial charge is 0.490 e. The Labute approximate surface area is 212 Å². The molecule has 5 nitrogen and oxygen atoms in total. The summed E-state index contributed by atoms with van der Waals surface area (Å²) in [7, 11) is 0. The predicted octanol–water partition coefficient (Wildman–Crippen LogP) is 7.21. The molecule has 0 saturated carbocycles. The Hall–Kier alpha value is -2.93. The maximum atomic E-state index is 12.9. The summed E-state index contributed by atoms with van der Waals surface area (Å²) >= 11 is 13.1. The van der Waals surface area contributed by atoms with E-state index in [-0.39, 0.29) is 17.7 Å². The van der Waals surface area contributed by atoms with Crippen molar-refractivity contribution in [2.75, 3.05) is 6.61 Å². The molecule has 4 rings (SSSR count). The first-order valence-electron chi connectivity index (χ1n) is 10.6. The second-order valence-corrected chi connectivity index (χ2v) is 9.25. The fourth-order valence-electron chi connectivity index (χ4n) is 3.33. The number of ether oxygens (including phenoxy) is 2. The summed E-state index contributed by atoms with van der Waals surface area (Å²) in [5.41, 5.74) is 2.42. The van der Waals surface area contributed by atoms with Gasteiger partial charge in [0, 0.05) is 15.6 Å². The predicted molar refractivity (Wildman–Crippen MR) is 136 cm³/mol. The van der Waals surface area contributed by atoms with Crippen molar-refractivity contribution in [2.24, 2.45) is 0 Å². The zero-order chi connectivity index (χ0) is 24.1. The van der Waals surface area contributed by atoms with Gasteiger partial charge in [-0.2, -0.15) is 0 Å². The molecule has 1 heterocycles. The van der Waals surface area contributed by atoms with Gasteiger partial charge in [0.05, 0.1) is 18.1 Å². The van der Waals surface area contributed by atoms with E-state index in [2.05, 4.69) is 0 Å². The van der Waals surface area contributed by atoms with Gasteiger partial charge in [0.25, 0.3) is 11.1 Å². The van der Waals surface area contributed by atoms with Crippen molar-refractivity contribution >= 4 is 52.2 Å². The molecule has 1 fully saturated rings. The molecule has 0 spiro atoms. The summed E-state index contributed by atoms with van der Waals surface area (Å²) < 4.78 is 11.7. The molecule has 0 bridgehead atoms. The molecule has 3 aromatic carbocycles. The molecular formula is C26H21Cl2NO4S. The second kappa shape index (κ2) is 11.0. The van der Waals surface area contributed by atoms with E-state index in [9.17, 15) is 9.59 Å². The maximum Gasteiger partial charge on any atom is 0.293 e. The summed E-state index contributed by atoms with van der Waals surface area (Å²) in [5.74, 6) is 0.778. The zero-order valence-corrected chi connectivity index (χ0v) is 20.6. The number of carbonyl (C=O) groups is 2. The third kappa shape index (κ3) is 5.76. The maximum absolute atomic E-state index is 12.9. The lowest BCUT2D eigenvalue weighted by Gasteiger charge is -2.13. The number of hydrogen-bond donors (Lipinski definition) is 0. The average Bonchev–Trinajstić information content (AvgIpc) is 3.08. The topological polar surface area (TPSA) is 55.8 Å². The highest BCUT2D eigenvalue weighted by Gasteiger charge is 2.35. The van der Waals surface area contributed by atoms with Crippen molar-refractivity contribution in [2.45, 2.75) is 20.1 Å². The smallest absolute Gasteiger partial charge is 0.293 e. The number of halogens is 2. The number of hydrogen-bond acceptors (Lipinski definition) is 5. The Balaban J connectivity index is 1.51. The first-order valence-corrected chi connectivity index (χ1v) is 12.1. The van der Waals surface area contributed by atoms with Crippen LogP contribution in [0.5, 0.6) is 11.5 Å². The molecule has 0 aliphatic carbocycles. The van der Waals surface area contributed by atoms with Crippen LogP contribution < -0.4 is 9.47 Å². The summed E-state index contributed by atoms with van der Waals surface area (Å²) in [6, 6.07) is 19.9. The quantitative estimate of drug-likeness (QED) is 0.298. The molecule has 0 radical (unpaired) electrons. The van der Waals surface area contributed by atoms with Crippen molar-refractivity contribution in [3.63, 3.8) is 0 Å². The third-order valence-electron chi connectivity index (χ3n) is 5.03. The van der Waals surface area contributed by atoms with Gasteiger partial charge in [0.1, 0.15) is 6.61 Å². The van der Waals surface area contributed by atoms with Gasteiger partial charge in [-0.3, -0.25) is 14.5 Å². The van der Waals surface area contributed by atoms with Crippen molar-refractivity contribution in [3.8, 4) is 11.5 Å². The summed E-state index contributed by atoms with van der Waals surface area (Å²) in [6.45, 7) is 2.82. The van der Waals surface area contributed by atoms with Gasteiger partial charge in [-0.15, -0.1) is 0 Å². The molecule has 1 saturated heterocycles. The van der Waals surface area contributed by atoms with Gasteiger partial charge < -0.3 is 9.47 Å². The van der Waals surface area contributed by atoms with Crippen LogP contribution in [0.4, 0.5) is 4.79 Å². The number of carbonyl (C=O) groups excluding carboxylic acids is 2. The minimum Gasteiger partial charge on any atom is -0.490 e. The normalized spacial score (nSPS) is 14.7. The van der Waals surface area contributed by atoms with Gasteiger partial charge in [0.15, 0.2) is 11.5 Å². The Morgan fingerprint density at radius 2 is 1.71 bits per heavy atom. The zero-order valence-electron chi connectivity index (χ0n) is 18.3. The fraction of sp³-hybridized carbons (Fsp3) is 0.154. The van der Waals surface area contributed by atoms with Crippen LogP contribution in [0.25, 0.3) is 6.08 Å². The number of imide groups is 1. The van der Waals surface area contributed by atoms with Gasteiger partial charge in [0.2, 0.25) is 0 Å². The molecule has 1 aliphatic rings. The fourth-order valence-corrected chi connectivity index (χ4v) is 4.49. The van der Waals surface area contributed by atoms with Crippen LogP contribution >= 0.6 is 35.0 Å². The lowest BCUT2D eigenvalue weighted by Crippen LogP contribution is -2.27. The molecule has 0 unspecified atom stereocenters. The van der Waals surface area contributed by atoms with Crippen LogP contribution in [0.2, 0.25) is 10.0 Å². The van der Waals surface area contributed by atoms with E-state index in [1.54, 1.807) is 42.5 Å². The lowest BCUT2D eigenvalue weighted by molar-refractivity contribution is -0.123. The van der Waals surface area contributed by atoms with Crippen LogP contribution in [0.3, 0.4) is 0 Å². The molecule has 8 heteroatoms. The molecule has 3 aromatic rings. The van der Waals surface area contributed by atoms with Crippen LogP contribution in [0.15, 0.2) is 71.6 Å². The minimum absolute atomic E-state index is 0.193. The van der Waals surface area contributed by atoms with Crippen molar-refractivity contribution in [1.82, 2.24) is 4.90 Å². The molecule has 0 N–H and O–H groups in total. The Bertz CT molecular complexity index is 1240. The molecular weight excluding hydrogens is 493 g/mol. The first kappa shape index (κ1) is 24.2. The van der Waals surface area contributed by atoms with Gasteiger partial charge in [-0.1, -0.05) is 59.6 Å². The van der Waals surface area contributed by atoms with Gasteiger partial charge >= 0.3 is 0 Å². The van der Waals surface area contributed by atoms with Crippen molar-refractivity contribution in [3.05, 3.63) is 98.4 Å². The molecule has 2 amide bonds. The molecule has 1 aliphatic heterocycles. The van der Waals surface area contributed by atoms with E-state index in [1.165, 1.54) is 4.90 Å². The van der Waals surface area contributed by atoms with Crippen LogP contribution in [-0.2, 0) is 17.9 Å². The van der Waals surface area contributed by atoms with E-state index in [0.29, 0.717) is 39.7 Å². The summed E-state index contributed by atoms with van der Waals surface area (Å²) in [5, 5.41) is 0.921. The number of benzene rings is 3. The second-order valence-electron chi connectivity index (χ2n) is 7.41. The summed E-state index contributed by atoms with van der Waals surface area (Å²) in [6.07, 6.45) is 1.69. The average molecular weight is 514 g/mol. The highest BCUT2D eigenvalue weighted by Crippen LogP contribution is 2.36. The van der Waals surface area contributed by atoms with E-state index >= 15 is 0 Å². The van der Waals surface area contributed by atoms with Gasteiger partial charge in [-0.25, -0.2) is 0 Å². The lowest BCUT2D eigenvalue weighted by atomic mass is 10.1. The number of nitrogens with zero attached hydrogens (tertiary/aromatic N) is 1. The minimum atomic E-state index is -0.332. The van der Waals surface area contributed by atoms with E-state index in [4.69, 9.17) is 32.7 Å². The van der Waals surface area contributed by atoms with Crippen LogP contribution in [0, 0.1) is 0 Å². The summed E-state index contributed by atoms with van der Waals surface area (Å²) in [4.78, 5) is 26.9. The highest BCUT2D eigenvalue weighted by atomic mass is 35.5. The van der Waals surface area contributed by atoms with Crippen molar-refractivity contribution in [1.29, 1.82) is 0 Å². The van der Waals surface area contributed by atoms with E-state index in [1.807, 2.05) is 37.3 Å². The third-order valence-corrected chi connectivity index (χ3v) is 6.56. The Kier molecular flexibility index (Phi) is 7.83. The number of thioether (sulfide) groups is 1. The monoisotopic (exact) mass is 513 g/mol. The van der Waals surface area contributed by atoms with E-state index in [0.717, 1.165) is 28.5 Å². The van der Waals surface area contributed by atoms with Gasteiger partial charge in [-0.05, 0) is 66.2 Å². The van der Waals surface area contributed by atoms with Crippen molar-refractivity contribution < 1.29 is 19.1 Å².